The van der Waals surface area contributed by atoms with E-state index in [-0.39, 0.29) is 23.3 Å². The van der Waals surface area contributed by atoms with Crippen molar-refractivity contribution < 1.29 is 22.9 Å². The first-order valence-electron chi connectivity index (χ1n) is 13.6. The number of aryl methyl sites for hydroxylation is 2. The minimum atomic E-state index is -4.15. The predicted molar refractivity (Wildman–Crippen MR) is 149 cm³/mol. The van der Waals surface area contributed by atoms with Crippen LogP contribution >= 0.6 is 0 Å². The fraction of sp³-hybridized carbons (Fsp3) is 0.552. The maximum absolute atomic E-state index is 13.7. The summed E-state index contributed by atoms with van der Waals surface area (Å²) in [5, 5.41) is 11.6. The molecular weight excluding hydrogens is 518 g/mol. The monoisotopic (exact) mass is 557 g/mol. The molecule has 39 heavy (non-hydrogen) atoms. The number of para-hydroxylation sites is 1. The van der Waals surface area contributed by atoms with E-state index in [1.165, 1.54) is 39.7 Å². The van der Waals surface area contributed by atoms with Gasteiger partial charge in [-0.05, 0) is 75.1 Å². The van der Waals surface area contributed by atoms with Crippen molar-refractivity contribution in [1.29, 1.82) is 0 Å². The van der Waals surface area contributed by atoms with Crippen molar-refractivity contribution in [2.24, 2.45) is 5.92 Å². The first-order valence-corrected chi connectivity index (χ1v) is 15.0. The Morgan fingerprint density at radius 3 is 2.46 bits per heavy atom. The van der Waals surface area contributed by atoms with Gasteiger partial charge in [0.25, 0.3) is 5.69 Å². The number of piperazine rings is 1. The van der Waals surface area contributed by atoms with Crippen LogP contribution in [-0.2, 0) is 38.8 Å². The van der Waals surface area contributed by atoms with E-state index in [9.17, 15) is 23.3 Å². The molecule has 10 heteroatoms. The summed E-state index contributed by atoms with van der Waals surface area (Å²) in [6.45, 7) is 10.1. The average Bonchev–Trinajstić information content (AvgIpc) is 3.33. The number of fused-ring (bicyclic) bond motifs is 1. The maximum Gasteiger partial charge on any atom is 0.324 e. The van der Waals surface area contributed by atoms with Crippen LogP contribution in [0.2, 0.25) is 0 Å². The quantitative estimate of drug-likeness (QED) is 0.269. The molecule has 1 saturated heterocycles. The van der Waals surface area contributed by atoms with Crippen LogP contribution in [0.1, 0.15) is 57.7 Å². The third-order valence-corrected chi connectivity index (χ3v) is 9.50. The minimum absolute atomic E-state index is 0.0929. The lowest BCUT2D eigenvalue weighted by molar-refractivity contribution is -0.387. The lowest BCUT2D eigenvalue weighted by Crippen LogP contribution is -2.61. The molecular formula is C29H39N3O6S. The molecule has 1 aliphatic carbocycles. The molecule has 1 unspecified atom stereocenters. The van der Waals surface area contributed by atoms with Crippen molar-refractivity contribution in [1.82, 2.24) is 9.21 Å². The van der Waals surface area contributed by atoms with Gasteiger partial charge in [0.1, 0.15) is 11.6 Å². The van der Waals surface area contributed by atoms with Gasteiger partial charge in [-0.2, -0.15) is 4.31 Å². The molecule has 0 N–H and O–H groups in total. The van der Waals surface area contributed by atoms with E-state index in [4.69, 9.17) is 4.74 Å². The van der Waals surface area contributed by atoms with Crippen molar-refractivity contribution in [2.45, 2.75) is 82.9 Å². The van der Waals surface area contributed by atoms with E-state index in [1.807, 2.05) is 39.5 Å². The predicted octanol–water partition coefficient (Wildman–Crippen LogP) is 4.37. The maximum atomic E-state index is 13.7. The van der Waals surface area contributed by atoms with Crippen LogP contribution in [0, 0.1) is 16.0 Å². The van der Waals surface area contributed by atoms with Gasteiger partial charge in [0, 0.05) is 31.7 Å². The standard InChI is InChI=1S/C29H39N3O6S/c1-20(2)26-19-30(15-16-31(26)39(36,37)27-12-7-6-11-24(27)32(34)35)25(28(33)38-29(3,4)5)18-21-13-14-22-9-8-10-23(22)17-21/h6-7,11-14,17,20,25-26H,8-10,15-16,18-19H2,1-5H3/t25-,26?/m0/s1. The SMILES string of the molecule is CC(C)C1CN([C@@H](Cc2ccc3c(c2)CCC3)C(=O)OC(C)(C)C)CCN1S(=O)(=O)c1ccccc1[N+](=O)[O-]. The van der Waals surface area contributed by atoms with E-state index >= 15 is 0 Å². The van der Waals surface area contributed by atoms with E-state index in [1.54, 1.807) is 0 Å². The van der Waals surface area contributed by atoms with Gasteiger partial charge in [-0.25, -0.2) is 8.42 Å². The second-order valence-electron chi connectivity index (χ2n) is 11.9. The zero-order valence-corrected chi connectivity index (χ0v) is 24.2. The van der Waals surface area contributed by atoms with E-state index in [0.717, 1.165) is 24.8 Å². The van der Waals surface area contributed by atoms with Gasteiger partial charge in [-0.3, -0.25) is 19.8 Å². The number of hydrogen-bond donors (Lipinski definition) is 0. The Morgan fingerprint density at radius 1 is 1.10 bits per heavy atom. The van der Waals surface area contributed by atoms with Crippen molar-refractivity contribution in [3.63, 3.8) is 0 Å². The van der Waals surface area contributed by atoms with Crippen LogP contribution in [0.25, 0.3) is 0 Å². The first-order chi connectivity index (χ1) is 18.3. The molecule has 2 atom stereocenters. The highest BCUT2D eigenvalue weighted by Crippen LogP contribution is 2.32. The molecule has 9 nitrogen and oxygen atoms in total. The van der Waals surface area contributed by atoms with Gasteiger partial charge >= 0.3 is 5.97 Å². The van der Waals surface area contributed by atoms with Crippen LogP contribution in [0.4, 0.5) is 5.69 Å². The van der Waals surface area contributed by atoms with Gasteiger partial charge in [-0.1, -0.05) is 44.2 Å². The topological polar surface area (TPSA) is 110 Å². The Hall–Kier alpha value is -2.82. The number of nitro groups is 1. The molecule has 1 fully saturated rings. The fourth-order valence-corrected chi connectivity index (χ4v) is 7.50. The molecule has 0 amide bonds. The van der Waals surface area contributed by atoms with Crippen molar-refractivity contribution in [2.75, 3.05) is 19.6 Å². The van der Waals surface area contributed by atoms with Gasteiger partial charge in [0.15, 0.2) is 4.90 Å². The Kier molecular flexibility index (Phi) is 8.49. The van der Waals surface area contributed by atoms with Gasteiger partial charge in [-0.15, -0.1) is 0 Å². The lowest BCUT2D eigenvalue weighted by Gasteiger charge is -2.44. The normalized spacial score (nSPS) is 19.6. The third kappa shape index (κ3) is 6.50. The molecule has 212 valence electrons. The van der Waals surface area contributed by atoms with E-state index < -0.39 is 38.3 Å². The van der Waals surface area contributed by atoms with Gasteiger partial charge in [0.05, 0.1) is 4.92 Å². The molecule has 0 spiro atoms. The first kappa shape index (κ1) is 29.2. The van der Waals surface area contributed by atoms with Crippen molar-refractivity contribution in [3.8, 4) is 0 Å². The van der Waals surface area contributed by atoms with Crippen molar-refractivity contribution >= 4 is 21.7 Å². The van der Waals surface area contributed by atoms with E-state index in [0.29, 0.717) is 19.5 Å². The Morgan fingerprint density at radius 2 is 1.79 bits per heavy atom. The summed E-state index contributed by atoms with van der Waals surface area (Å²) in [4.78, 5) is 26.2. The Bertz CT molecular complexity index is 1330. The molecule has 1 aliphatic heterocycles. The number of rotatable bonds is 8. The highest BCUT2D eigenvalue weighted by molar-refractivity contribution is 7.89. The molecule has 0 bridgehead atoms. The fourth-order valence-electron chi connectivity index (χ4n) is 5.60. The van der Waals surface area contributed by atoms with Crippen molar-refractivity contribution in [3.05, 3.63) is 69.3 Å². The summed E-state index contributed by atoms with van der Waals surface area (Å²) < 4.78 is 34.7. The number of hydrogen-bond acceptors (Lipinski definition) is 7. The third-order valence-electron chi connectivity index (χ3n) is 7.53. The summed E-state index contributed by atoms with van der Waals surface area (Å²) in [6.07, 6.45) is 3.72. The summed E-state index contributed by atoms with van der Waals surface area (Å²) in [5.41, 5.74) is 2.65. The molecule has 2 aliphatic rings. The highest BCUT2D eigenvalue weighted by Gasteiger charge is 2.43. The van der Waals surface area contributed by atoms with Gasteiger partial charge < -0.3 is 4.74 Å². The Labute approximate surface area is 231 Å². The molecule has 4 rings (SSSR count). The summed E-state index contributed by atoms with van der Waals surface area (Å²) in [6, 6.07) is 10.8. The number of carbonyl (C=O) groups is 1. The lowest BCUT2D eigenvalue weighted by atomic mass is 9.96. The number of sulfonamides is 1. The summed E-state index contributed by atoms with van der Waals surface area (Å²) in [5.74, 6) is -0.426. The molecule has 2 aromatic carbocycles. The Balaban J connectivity index is 1.64. The van der Waals surface area contributed by atoms with Crippen LogP contribution in [-0.4, -0.2) is 65.8 Å². The molecule has 0 saturated carbocycles. The summed E-state index contributed by atoms with van der Waals surface area (Å²) in [7, 11) is -4.15. The van der Waals surface area contributed by atoms with Crippen LogP contribution in [0.5, 0.6) is 0 Å². The van der Waals surface area contributed by atoms with Gasteiger partial charge in [0.2, 0.25) is 10.0 Å². The average molecular weight is 558 g/mol. The number of ether oxygens (including phenoxy) is 1. The zero-order chi connectivity index (χ0) is 28.5. The van der Waals surface area contributed by atoms with Crippen LogP contribution < -0.4 is 0 Å². The number of benzene rings is 2. The number of carbonyl (C=O) groups excluding carboxylic acids is 1. The minimum Gasteiger partial charge on any atom is -0.459 e. The smallest absolute Gasteiger partial charge is 0.324 e. The zero-order valence-electron chi connectivity index (χ0n) is 23.4. The highest BCUT2D eigenvalue weighted by atomic mass is 32.2. The van der Waals surface area contributed by atoms with Crippen LogP contribution in [0.15, 0.2) is 47.4 Å². The number of nitrogens with zero attached hydrogens (tertiary/aromatic N) is 3. The molecule has 1 heterocycles. The largest absolute Gasteiger partial charge is 0.459 e. The molecule has 0 aromatic heterocycles. The summed E-state index contributed by atoms with van der Waals surface area (Å²) >= 11 is 0. The molecule has 0 radical (unpaired) electrons. The second-order valence-corrected chi connectivity index (χ2v) is 13.7. The number of nitro benzene ring substituents is 1. The second kappa shape index (κ2) is 11.3. The molecule has 2 aromatic rings. The van der Waals surface area contributed by atoms with E-state index in [2.05, 4.69) is 18.2 Å². The number of esters is 1. The van der Waals surface area contributed by atoms with Crippen LogP contribution in [0.3, 0.4) is 0 Å².